The summed E-state index contributed by atoms with van der Waals surface area (Å²) in [6, 6.07) is 11.3. The smallest absolute Gasteiger partial charge is 0.338 e. The van der Waals surface area contributed by atoms with Crippen molar-refractivity contribution in [2.24, 2.45) is 5.92 Å². The minimum Gasteiger partial charge on any atom is -0.459 e. The molecule has 0 aromatic heterocycles. The Morgan fingerprint density at radius 3 is 2.41 bits per heavy atom. The van der Waals surface area contributed by atoms with E-state index in [1.807, 2.05) is 18.2 Å². The first-order chi connectivity index (χ1) is 8.29. The van der Waals surface area contributed by atoms with Gasteiger partial charge in [-0.3, -0.25) is 0 Å². The molecule has 0 radical (unpaired) electrons. The molecule has 0 N–H and O–H groups in total. The van der Waals surface area contributed by atoms with Crippen molar-refractivity contribution < 1.29 is 9.53 Å². The van der Waals surface area contributed by atoms with Crippen molar-refractivity contribution in [3.05, 3.63) is 35.9 Å². The van der Waals surface area contributed by atoms with Crippen molar-refractivity contribution in [2.45, 2.75) is 31.8 Å². The quantitative estimate of drug-likeness (QED) is 0.732. The molecule has 3 nitrogen and oxygen atoms in total. The van der Waals surface area contributed by atoms with Crippen LogP contribution in [-0.2, 0) is 4.74 Å². The van der Waals surface area contributed by atoms with Crippen LogP contribution in [0.5, 0.6) is 0 Å². The molecule has 0 heterocycles. The SMILES string of the molecule is N#CC1CCC(OC(=O)c2ccccc2)CC1. The molecule has 0 atom stereocenters. The van der Waals surface area contributed by atoms with E-state index in [9.17, 15) is 4.79 Å². The van der Waals surface area contributed by atoms with E-state index >= 15 is 0 Å². The Bertz CT molecular complexity index is 414. The normalized spacial score (nSPS) is 23.7. The first-order valence-electron chi connectivity index (χ1n) is 5.95. The van der Waals surface area contributed by atoms with Crippen molar-refractivity contribution >= 4 is 5.97 Å². The highest BCUT2D eigenvalue weighted by molar-refractivity contribution is 5.89. The Kier molecular flexibility index (Phi) is 3.77. The minimum absolute atomic E-state index is 0.0210. The largest absolute Gasteiger partial charge is 0.459 e. The van der Waals surface area contributed by atoms with Crippen LogP contribution in [0.4, 0.5) is 0 Å². The Labute approximate surface area is 101 Å². The summed E-state index contributed by atoms with van der Waals surface area (Å²) in [5.74, 6) is -0.118. The summed E-state index contributed by atoms with van der Waals surface area (Å²) in [6.07, 6.45) is 3.26. The summed E-state index contributed by atoms with van der Waals surface area (Å²) < 4.78 is 5.42. The van der Waals surface area contributed by atoms with E-state index in [0.717, 1.165) is 25.7 Å². The fourth-order valence-corrected chi connectivity index (χ4v) is 2.10. The van der Waals surface area contributed by atoms with Gasteiger partial charge in [0, 0.05) is 5.92 Å². The number of hydrogen-bond acceptors (Lipinski definition) is 3. The maximum absolute atomic E-state index is 11.8. The van der Waals surface area contributed by atoms with Crippen molar-refractivity contribution in [1.29, 1.82) is 5.26 Å². The Hall–Kier alpha value is -1.82. The fourth-order valence-electron chi connectivity index (χ4n) is 2.10. The number of esters is 1. The predicted molar refractivity (Wildman–Crippen MR) is 63.2 cm³/mol. The summed E-state index contributed by atoms with van der Waals surface area (Å²) in [5, 5.41) is 8.78. The minimum atomic E-state index is -0.258. The highest BCUT2D eigenvalue weighted by atomic mass is 16.5. The standard InChI is InChI=1S/C14H15NO2/c15-10-11-6-8-13(9-7-11)17-14(16)12-4-2-1-3-5-12/h1-5,11,13H,6-9H2. The second-order valence-corrected chi connectivity index (χ2v) is 4.37. The molecule has 1 saturated carbocycles. The first kappa shape index (κ1) is 11.7. The molecule has 1 aromatic carbocycles. The zero-order valence-corrected chi connectivity index (χ0v) is 9.63. The molecule has 17 heavy (non-hydrogen) atoms. The second kappa shape index (κ2) is 5.49. The van der Waals surface area contributed by atoms with Crippen molar-refractivity contribution in [1.82, 2.24) is 0 Å². The van der Waals surface area contributed by atoms with Crippen LogP contribution >= 0.6 is 0 Å². The summed E-state index contributed by atoms with van der Waals surface area (Å²) >= 11 is 0. The zero-order chi connectivity index (χ0) is 12.1. The highest BCUT2D eigenvalue weighted by Gasteiger charge is 2.23. The first-order valence-corrected chi connectivity index (χ1v) is 5.95. The average molecular weight is 229 g/mol. The van der Waals surface area contributed by atoms with E-state index in [-0.39, 0.29) is 18.0 Å². The molecule has 0 saturated heterocycles. The van der Waals surface area contributed by atoms with E-state index in [4.69, 9.17) is 10.00 Å². The lowest BCUT2D eigenvalue weighted by molar-refractivity contribution is 0.0187. The van der Waals surface area contributed by atoms with Crippen LogP contribution in [0.1, 0.15) is 36.0 Å². The number of rotatable bonds is 2. The van der Waals surface area contributed by atoms with E-state index < -0.39 is 0 Å². The van der Waals surface area contributed by atoms with Gasteiger partial charge in [0.2, 0.25) is 0 Å². The van der Waals surface area contributed by atoms with Crippen molar-refractivity contribution in [3.63, 3.8) is 0 Å². The number of carbonyl (C=O) groups is 1. The molecule has 0 amide bonds. The lowest BCUT2D eigenvalue weighted by Crippen LogP contribution is -2.24. The number of carbonyl (C=O) groups excluding carboxylic acids is 1. The topological polar surface area (TPSA) is 50.1 Å². The predicted octanol–water partition coefficient (Wildman–Crippen LogP) is 2.93. The van der Waals surface area contributed by atoms with Gasteiger partial charge in [0.15, 0.2) is 0 Å². The van der Waals surface area contributed by atoms with Gasteiger partial charge in [-0.2, -0.15) is 5.26 Å². The molecule has 0 unspecified atom stereocenters. The summed E-state index contributed by atoms with van der Waals surface area (Å²) in [7, 11) is 0. The van der Waals surface area contributed by atoms with Crippen LogP contribution in [0.2, 0.25) is 0 Å². The summed E-state index contributed by atoms with van der Waals surface area (Å²) in [5.41, 5.74) is 0.593. The van der Waals surface area contributed by atoms with Crippen LogP contribution in [-0.4, -0.2) is 12.1 Å². The fraction of sp³-hybridized carbons (Fsp3) is 0.429. The van der Waals surface area contributed by atoms with Gasteiger partial charge in [-0.1, -0.05) is 18.2 Å². The summed E-state index contributed by atoms with van der Waals surface area (Å²) in [4.78, 5) is 11.8. The van der Waals surface area contributed by atoms with Gasteiger partial charge in [-0.25, -0.2) is 4.79 Å². The van der Waals surface area contributed by atoms with Gasteiger partial charge in [0.1, 0.15) is 6.10 Å². The average Bonchev–Trinajstić information content (AvgIpc) is 2.40. The second-order valence-electron chi connectivity index (χ2n) is 4.37. The third kappa shape index (κ3) is 3.07. The van der Waals surface area contributed by atoms with Gasteiger partial charge in [0.25, 0.3) is 0 Å². The number of nitriles is 1. The van der Waals surface area contributed by atoms with Crippen molar-refractivity contribution in [3.8, 4) is 6.07 Å². The Morgan fingerprint density at radius 1 is 1.18 bits per heavy atom. The molecular weight excluding hydrogens is 214 g/mol. The van der Waals surface area contributed by atoms with Gasteiger partial charge in [-0.15, -0.1) is 0 Å². The third-order valence-electron chi connectivity index (χ3n) is 3.14. The van der Waals surface area contributed by atoms with E-state index in [1.165, 1.54) is 0 Å². The van der Waals surface area contributed by atoms with E-state index in [1.54, 1.807) is 12.1 Å². The third-order valence-corrected chi connectivity index (χ3v) is 3.14. The van der Waals surface area contributed by atoms with Crippen LogP contribution in [0, 0.1) is 17.2 Å². The monoisotopic (exact) mass is 229 g/mol. The molecule has 88 valence electrons. The van der Waals surface area contributed by atoms with Gasteiger partial charge in [-0.05, 0) is 37.8 Å². The molecule has 2 rings (SSSR count). The lowest BCUT2D eigenvalue weighted by atomic mass is 9.88. The molecule has 0 aliphatic heterocycles. The van der Waals surface area contributed by atoms with Crippen LogP contribution in [0.3, 0.4) is 0 Å². The molecule has 0 spiro atoms. The zero-order valence-electron chi connectivity index (χ0n) is 9.63. The number of ether oxygens (including phenoxy) is 1. The van der Waals surface area contributed by atoms with Gasteiger partial charge < -0.3 is 4.74 Å². The maximum Gasteiger partial charge on any atom is 0.338 e. The number of hydrogen-bond donors (Lipinski definition) is 0. The summed E-state index contributed by atoms with van der Waals surface area (Å²) in [6.45, 7) is 0. The Morgan fingerprint density at radius 2 is 1.82 bits per heavy atom. The van der Waals surface area contributed by atoms with Gasteiger partial charge >= 0.3 is 5.97 Å². The molecule has 0 bridgehead atoms. The van der Waals surface area contributed by atoms with Gasteiger partial charge in [0.05, 0.1) is 11.6 Å². The lowest BCUT2D eigenvalue weighted by Gasteiger charge is -2.24. The van der Waals surface area contributed by atoms with Crippen molar-refractivity contribution in [2.75, 3.05) is 0 Å². The van der Waals surface area contributed by atoms with E-state index in [0.29, 0.717) is 5.56 Å². The molecule has 1 aromatic rings. The molecular formula is C14H15NO2. The number of benzene rings is 1. The van der Waals surface area contributed by atoms with Crippen LogP contribution < -0.4 is 0 Å². The van der Waals surface area contributed by atoms with E-state index in [2.05, 4.69) is 6.07 Å². The maximum atomic E-state index is 11.8. The molecule has 3 heteroatoms. The molecule has 1 aliphatic rings. The molecule has 1 aliphatic carbocycles. The number of nitrogens with zero attached hydrogens (tertiary/aromatic N) is 1. The highest BCUT2D eigenvalue weighted by Crippen LogP contribution is 2.26. The van der Waals surface area contributed by atoms with Crippen LogP contribution in [0.25, 0.3) is 0 Å². The molecule has 1 fully saturated rings. The van der Waals surface area contributed by atoms with Crippen LogP contribution in [0.15, 0.2) is 30.3 Å². The Balaban J connectivity index is 1.87.